The molecule has 148 valence electrons. The molecule has 0 bridgehead atoms. The quantitative estimate of drug-likeness (QED) is 0.313. The van der Waals surface area contributed by atoms with Crippen molar-refractivity contribution in [3.8, 4) is 0 Å². The number of aliphatic hydroxyl groups is 1. The summed E-state index contributed by atoms with van der Waals surface area (Å²) in [4.78, 5) is 14.8. The molecule has 3 saturated carbocycles. The molecule has 3 fully saturated rings. The Labute approximate surface area is 162 Å². The highest BCUT2D eigenvalue weighted by atomic mass is 16.3. The lowest BCUT2D eigenvalue weighted by Crippen LogP contribution is -2.54. The zero-order chi connectivity index (χ0) is 19.3. The number of carbonyl (C=O) groups is 1. The van der Waals surface area contributed by atoms with E-state index in [1.165, 1.54) is 18.4 Å². The van der Waals surface area contributed by atoms with Crippen molar-refractivity contribution in [3.05, 3.63) is 22.1 Å². The van der Waals surface area contributed by atoms with Gasteiger partial charge < -0.3 is 5.11 Å². The third-order valence-corrected chi connectivity index (χ3v) is 9.20. The summed E-state index contributed by atoms with van der Waals surface area (Å²) in [6.45, 7) is 5.21. The molecule has 4 aliphatic carbocycles. The van der Waals surface area contributed by atoms with Gasteiger partial charge in [-0.25, -0.2) is 0 Å². The van der Waals surface area contributed by atoms with Crippen LogP contribution in [0.2, 0.25) is 0 Å². The van der Waals surface area contributed by atoms with E-state index in [1.807, 2.05) is 6.08 Å². The number of hydrogen-bond donors (Lipinski definition) is 1. The van der Waals surface area contributed by atoms with E-state index in [1.54, 1.807) is 0 Å². The standard InChI is InChI=1S/C22H33N3O2/c1-20-10-6-16(26)14-15(20)4-5-17-18(20)7-11-21(2)19(17)8-12-22(21,27)9-3-13-24-25-23/h14,17-19,27H,3-13H2,1-2H3/t17?,18?,19?,20-,21-,22-/m0/s1. The molecule has 0 radical (unpaired) electrons. The van der Waals surface area contributed by atoms with Crippen LogP contribution >= 0.6 is 0 Å². The molecule has 0 aromatic carbocycles. The number of fused-ring (bicyclic) bond motifs is 5. The van der Waals surface area contributed by atoms with Gasteiger partial charge in [0.25, 0.3) is 0 Å². The Kier molecular flexibility index (Phi) is 4.67. The van der Waals surface area contributed by atoms with Crippen LogP contribution in [0.25, 0.3) is 10.4 Å². The minimum atomic E-state index is -0.618. The summed E-state index contributed by atoms with van der Waals surface area (Å²) >= 11 is 0. The van der Waals surface area contributed by atoms with E-state index in [9.17, 15) is 9.90 Å². The molecule has 27 heavy (non-hydrogen) atoms. The fourth-order valence-corrected chi connectivity index (χ4v) is 7.57. The minimum absolute atomic E-state index is 0.0212. The van der Waals surface area contributed by atoms with Gasteiger partial charge in [0.2, 0.25) is 0 Å². The largest absolute Gasteiger partial charge is 0.389 e. The van der Waals surface area contributed by atoms with Crippen molar-refractivity contribution in [3.63, 3.8) is 0 Å². The number of ketones is 1. The molecule has 1 N–H and O–H groups in total. The Bertz CT molecular complexity index is 712. The van der Waals surface area contributed by atoms with Crippen molar-refractivity contribution >= 4 is 5.78 Å². The lowest BCUT2D eigenvalue weighted by molar-refractivity contribution is -0.132. The summed E-state index contributed by atoms with van der Waals surface area (Å²) in [7, 11) is 0. The van der Waals surface area contributed by atoms with Crippen molar-refractivity contribution in [2.75, 3.05) is 6.54 Å². The maximum atomic E-state index is 11.9. The monoisotopic (exact) mass is 371 g/mol. The lowest BCUT2D eigenvalue weighted by atomic mass is 9.46. The number of rotatable bonds is 4. The van der Waals surface area contributed by atoms with Crippen LogP contribution in [0.3, 0.4) is 0 Å². The van der Waals surface area contributed by atoms with Gasteiger partial charge in [-0.2, -0.15) is 0 Å². The van der Waals surface area contributed by atoms with E-state index in [0.717, 1.165) is 44.9 Å². The molecule has 0 aliphatic heterocycles. The maximum Gasteiger partial charge on any atom is 0.155 e. The SMILES string of the molecule is C[C@]12CCC(=O)C=C1CCC1C2CC[C@@]2(C)C1CC[C@@]2(O)CCCN=[N+]=[N-]. The average Bonchev–Trinajstić information content (AvgIpc) is 2.91. The van der Waals surface area contributed by atoms with E-state index in [2.05, 4.69) is 23.9 Å². The molecular formula is C22H33N3O2. The van der Waals surface area contributed by atoms with Crippen molar-refractivity contribution in [1.82, 2.24) is 0 Å². The molecule has 4 aliphatic rings. The number of hydrogen-bond acceptors (Lipinski definition) is 3. The second-order valence-electron chi connectivity index (χ2n) is 10.1. The molecule has 0 spiro atoms. The third kappa shape index (κ3) is 2.77. The van der Waals surface area contributed by atoms with E-state index in [-0.39, 0.29) is 10.8 Å². The van der Waals surface area contributed by atoms with E-state index >= 15 is 0 Å². The van der Waals surface area contributed by atoms with Gasteiger partial charge in [-0.05, 0) is 98.0 Å². The predicted octanol–water partition coefficient (Wildman–Crippen LogP) is 5.34. The molecule has 3 unspecified atom stereocenters. The first kappa shape index (κ1) is 19.0. The number of azide groups is 1. The topological polar surface area (TPSA) is 86.1 Å². The Hall–Kier alpha value is -1.32. The first-order valence-electron chi connectivity index (χ1n) is 10.8. The first-order chi connectivity index (χ1) is 12.8. The van der Waals surface area contributed by atoms with E-state index in [0.29, 0.717) is 36.5 Å². The molecule has 5 nitrogen and oxygen atoms in total. The zero-order valence-corrected chi connectivity index (χ0v) is 16.8. The van der Waals surface area contributed by atoms with E-state index < -0.39 is 5.60 Å². The Balaban J connectivity index is 1.56. The summed E-state index contributed by atoms with van der Waals surface area (Å²) in [5, 5.41) is 15.2. The van der Waals surface area contributed by atoms with Crippen molar-refractivity contribution < 1.29 is 9.90 Å². The highest BCUT2D eigenvalue weighted by Crippen LogP contribution is 2.68. The fourth-order valence-electron chi connectivity index (χ4n) is 7.57. The average molecular weight is 372 g/mol. The van der Waals surface area contributed by atoms with Crippen molar-refractivity contribution in [2.24, 2.45) is 33.7 Å². The second kappa shape index (κ2) is 6.63. The number of nitrogens with zero attached hydrogens (tertiary/aromatic N) is 3. The molecule has 5 heteroatoms. The molecule has 0 heterocycles. The third-order valence-electron chi connectivity index (χ3n) is 9.20. The Morgan fingerprint density at radius 1 is 1.19 bits per heavy atom. The fraction of sp³-hybridized carbons (Fsp3) is 0.864. The van der Waals surface area contributed by atoms with Gasteiger partial charge in [-0.3, -0.25) is 4.79 Å². The van der Waals surface area contributed by atoms with Gasteiger partial charge >= 0.3 is 0 Å². The maximum absolute atomic E-state index is 11.9. The zero-order valence-electron chi connectivity index (χ0n) is 16.8. The summed E-state index contributed by atoms with van der Waals surface area (Å²) in [6.07, 6.45) is 11.7. The second-order valence-corrected chi connectivity index (χ2v) is 10.1. The van der Waals surface area contributed by atoms with Crippen molar-refractivity contribution in [1.29, 1.82) is 0 Å². The summed E-state index contributed by atoms with van der Waals surface area (Å²) < 4.78 is 0. The predicted molar refractivity (Wildman–Crippen MR) is 105 cm³/mol. The van der Waals surface area contributed by atoms with E-state index in [4.69, 9.17) is 5.53 Å². The van der Waals surface area contributed by atoms with Crippen LogP contribution in [-0.2, 0) is 4.79 Å². The van der Waals surface area contributed by atoms with Gasteiger partial charge in [-0.15, -0.1) is 0 Å². The summed E-state index contributed by atoms with van der Waals surface area (Å²) in [5.74, 6) is 2.23. The highest BCUT2D eigenvalue weighted by Gasteiger charge is 2.63. The van der Waals surface area contributed by atoms with Crippen LogP contribution in [0.5, 0.6) is 0 Å². The van der Waals surface area contributed by atoms with Crippen LogP contribution in [0.15, 0.2) is 16.8 Å². The molecule has 0 aromatic heterocycles. The minimum Gasteiger partial charge on any atom is -0.389 e. The van der Waals surface area contributed by atoms with Gasteiger partial charge in [-0.1, -0.05) is 24.5 Å². The molecular weight excluding hydrogens is 338 g/mol. The molecule has 0 amide bonds. The number of carbonyl (C=O) groups excluding carboxylic acids is 1. The lowest BCUT2D eigenvalue weighted by Gasteiger charge is -2.59. The summed E-state index contributed by atoms with van der Waals surface area (Å²) in [5.41, 5.74) is 9.46. The van der Waals surface area contributed by atoms with Gasteiger partial charge in [0.15, 0.2) is 5.78 Å². The van der Waals surface area contributed by atoms with Crippen LogP contribution in [-0.4, -0.2) is 23.0 Å². The normalized spacial score (nSPS) is 46.0. The van der Waals surface area contributed by atoms with Crippen LogP contribution in [0.4, 0.5) is 0 Å². The van der Waals surface area contributed by atoms with Crippen molar-refractivity contribution in [2.45, 2.75) is 83.7 Å². The highest BCUT2D eigenvalue weighted by molar-refractivity contribution is 5.91. The Morgan fingerprint density at radius 3 is 2.74 bits per heavy atom. The first-order valence-corrected chi connectivity index (χ1v) is 10.8. The van der Waals surface area contributed by atoms with Crippen LogP contribution in [0, 0.1) is 28.6 Å². The van der Waals surface area contributed by atoms with Gasteiger partial charge in [0.05, 0.1) is 5.60 Å². The van der Waals surface area contributed by atoms with Crippen LogP contribution < -0.4 is 0 Å². The molecule has 4 rings (SSSR count). The number of allylic oxidation sites excluding steroid dienone is 1. The molecule has 0 saturated heterocycles. The van der Waals surface area contributed by atoms with Crippen LogP contribution in [0.1, 0.15) is 78.1 Å². The van der Waals surface area contributed by atoms with Gasteiger partial charge in [0, 0.05) is 17.9 Å². The Morgan fingerprint density at radius 2 is 1.96 bits per heavy atom. The molecule has 0 aromatic rings. The van der Waals surface area contributed by atoms with Gasteiger partial charge in [0.1, 0.15) is 0 Å². The molecule has 6 atom stereocenters. The summed E-state index contributed by atoms with van der Waals surface area (Å²) in [6, 6.07) is 0. The smallest absolute Gasteiger partial charge is 0.155 e.